The summed E-state index contributed by atoms with van der Waals surface area (Å²) in [5.74, 6) is 0.924. The van der Waals surface area contributed by atoms with Crippen molar-refractivity contribution in [1.82, 2.24) is 25.1 Å². The number of aromatic amines is 1. The number of nitrogens with zero attached hydrogens (tertiary/aromatic N) is 5. The molecule has 6 rings (SSSR count). The number of ether oxygens (including phenoxy) is 1. The van der Waals surface area contributed by atoms with Crippen LogP contribution in [-0.2, 0) is 4.74 Å². The average Bonchev–Trinajstić information content (AvgIpc) is 3.38. The van der Waals surface area contributed by atoms with E-state index in [9.17, 15) is 0 Å². The largest absolute Gasteiger partial charge is 0.378 e. The van der Waals surface area contributed by atoms with Gasteiger partial charge in [-0.3, -0.25) is 15.1 Å². The zero-order valence-corrected chi connectivity index (χ0v) is 16.8. The number of hydrogen-bond acceptors (Lipinski definition) is 6. The third-order valence-electron chi connectivity index (χ3n) is 5.73. The lowest BCUT2D eigenvalue weighted by atomic mass is 9.97. The number of morpholine rings is 1. The van der Waals surface area contributed by atoms with E-state index in [0.29, 0.717) is 13.2 Å². The quantitative estimate of drug-likeness (QED) is 0.485. The Labute approximate surface area is 178 Å². The topological polar surface area (TPSA) is 79.8 Å². The molecule has 1 aromatic carbocycles. The molecule has 1 N–H and O–H groups in total. The van der Waals surface area contributed by atoms with Gasteiger partial charge in [-0.1, -0.05) is 24.3 Å². The number of nitrogens with one attached hydrogen (secondary N) is 1. The Hall–Kier alpha value is -3.84. The van der Waals surface area contributed by atoms with Gasteiger partial charge in [0.2, 0.25) is 0 Å². The minimum Gasteiger partial charge on any atom is -0.378 e. The number of hydrogen-bond donors (Lipinski definition) is 1. The molecule has 7 heteroatoms. The van der Waals surface area contributed by atoms with Crippen LogP contribution in [0.25, 0.3) is 44.3 Å². The predicted molar refractivity (Wildman–Crippen MR) is 121 cm³/mol. The molecule has 1 fully saturated rings. The van der Waals surface area contributed by atoms with E-state index in [1.807, 2.05) is 30.6 Å². The average molecular weight is 408 g/mol. The zero-order chi connectivity index (χ0) is 20.6. The molecule has 0 saturated carbocycles. The molecule has 1 aliphatic rings. The van der Waals surface area contributed by atoms with Gasteiger partial charge in [-0.2, -0.15) is 5.10 Å². The minimum atomic E-state index is 0.700. The van der Waals surface area contributed by atoms with Crippen molar-refractivity contribution in [3.63, 3.8) is 0 Å². The fourth-order valence-electron chi connectivity index (χ4n) is 4.22. The molecule has 0 atom stereocenters. The third kappa shape index (κ3) is 3.10. The van der Waals surface area contributed by atoms with Gasteiger partial charge in [0, 0.05) is 48.0 Å². The van der Waals surface area contributed by atoms with Crippen molar-refractivity contribution in [2.24, 2.45) is 0 Å². The third-order valence-corrected chi connectivity index (χ3v) is 5.73. The van der Waals surface area contributed by atoms with Crippen LogP contribution >= 0.6 is 0 Å². The summed E-state index contributed by atoms with van der Waals surface area (Å²) in [6, 6.07) is 16.5. The summed E-state index contributed by atoms with van der Waals surface area (Å²) in [4.78, 5) is 16.7. The molecule has 0 amide bonds. The monoisotopic (exact) mass is 408 g/mol. The van der Waals surface area contributed by atoms with Crippen molar-refractivity contribution in [3.8, 4) is 22.5 Å². The van der Waals surface area contributed by atoms with E-state index < -0.39 is 0 Å². The molecule has 0 aliphatic carbocycles. The zero-order valence-electron chi connectivity index (χ0n) is 16.8. The second-order valence-electron chi connectivity index (χ2n) is 7.53. The molecule has 0 bridgehead atoms. The van der Waals surface area contributed by atoms with E-state index in [1.165, 1.54) is 0 Å². The Bertz CT molecular complexity index is 1370. The highest BCUT2D eigenvalue weighted by atomic mass is 16.5. The maximum atomic E-state index is 5.56. The first-order valence-corrected chi connectivity index (χ1v) is 10.3. The van der Waals surface area contributed by atoms with Gasteiger partial charge < -0.3 is 9.64 Å². The van der Waals surface area contributed by atoms with Crippen molar-refractivity contribution in [3.05, 3.63) is 67.1 Å². The maximum Gasteiger partial charge on any atom is 0.130 e. The molecule has 152 valence electrons. The highest BCUT2D eigenvalue weighted by molar-refractivity contribution is 6.06. The fraction of sp³-hybridized carbons (Fsp3) is 0.167. The smallest absolute Gasteiger partial charge is 0.130 e. The van der Waals surface area contributed by atoms with E-state index >= 15 is 0 Å². The first-order chi connectivity index (χ1) is 15.4. The lowest BCUT2D eigenvalue weighted by Gasteiger charge is -2.28. The molecule has 1 saturated heterocycles. The Morgan fingerprint density at radius 1 is 0.839 bits per heavy atom. The highest BCUT2D eigenvalue weighted by Gasteiger charge is 2.19. The van der Waals surface area contributed by atoms with Crippen LogP contribution in [0.1, 0.15) is 0 Å². The van der Waals surface area contributed by atoms with Crippen molar-refractivity contribution in [2.45, 2.75) is 0 Å². The summed E-state index contributed by atoms with van der Waals surface area (Å²) in [7, 11) is 0. The molecule has 4 aromatic heterocycles. The second kappa shape index (κ2) is 7.45. The van der Waals surface area contributed by atoms with Crippen LogP contribution in [0.2, 0.25) is 0 Å². The molecule has 0 unspecified atom stereocenters. The van der Waals surface area contributed by atoms with Crippen molar-refractivity contribution in [2.75, 3.05) is 31.2 Å². The lowest BCUT2D eigenvalue weighted by Crippen LogP contribution is -2.36. The van der Waals surface area contributed by atoms with Gasteiger partial charge in [-0.15, -0.1) is 0 Å². The molecule has 5 heterocycles. The Morgan fingerprint density at radius 2 is 1.74 bits per heavy atom. The highest BCUT2D eigenvalue weighted by Crippen LogP contribution is 2.37. The standard InChI is InChI=1S/C24H20N6O/c1-3-16-4-2-8-25-22(16)17(5-1)19-15-21(30-11-13-31-14-12-30)28-23-18(19)6-9-26-24(23)20-7-10-27-29-20/h1-10,15H,11-14H2,(H,27,29). The van der Waals surface area contributed by atoms with Gasteiger partial charge in [0.05, 0.1) is 24.4 Å². The van der Waals surface area contributed by atoms with E-state index in [1.54, 1.807) is 6.20 Å². The Balaban J connectivity index is 1.67. The maximum absolute atomic E-state index is 5.56. The molecular weight excluding hydrogens is 388 g/mol. The Kier molecular flexibility index (Phi) is 4.32. The van der Waals surface area contributed by atoms with Crippen LogP contribution < -0.4 is 4.90 Å². The Morgan fingerprint density at radius 3 is 2.61 bits per heavy atom. The molecule has 1 aliphatic heterocycles. The number of H-pyrrole nitrogens is 1. The summed E-state index contributed by atoms with van der Waals surface area (Å²) in [5.41, 5.74) is 5.64. The van der Waals surface area contributed by atoms with Crippen LogP contribution in [0.5, 0.6) is 0 Å². The van der Waals surface area contributed by atoms with E-state index in [0.717, 1.165) is 63.2 Å². The van der Waals surface area contributed by atoms with Gasteiger partial charge >= 0.3 is 0 Å². The molecular formula is C24H20N6O. The van der Waals surface area contributed by atoms with Gasteiger partial charge in [0.1, 0.15) is 17.0 Å². The first kappa shape index (κ1) is 18.0. The lowest BCUT2D eigenvalue weighted by molar-refractivity contribution is 0.122. The number of aromatic nitrogens is 5. The van der Waals surface area contributed by atoms with E-state index in [2.05, 4.69) is 50.4 Å². The molecule has 31 heavy (non-hydrogen) atoms. The number of fused-ring (bicyclic) bond motifs is 2. The molecule has 0 spiro atoms. The normalized spacial score (nSPS) is 14.4. The van der Waals surface area contributed by atoms with Crippen molar-refractivity contribution < 1.29 is 4.74 Å². The minimum absolute atomic E-state index is 0.700. The van der Waals surface area contributed by atoms with Crippen LogP contribution in [-0.4, -0.2) is 51.5 Å². The molecule has 7 nitrogen and oxygen atoms in total. The van der Waals surface area contributed by atoms with Crippen LogP contribution in [0.4, 0.5) is 5.82 Å². The van der Waals surface area contributed by atoms with Gasteiger partial charge in [-0.05, 0) is 29.8 Å². The number of para-hydroxylation sites is 1. The molecule has 0 radical (unpaired) electrons. The second-order valence-corrected chi connectivity index (χ2v) is 7.53. The van der Waals surface area contributed by atoms with Gasteiger partial charge in [0.15, 0.2) is 0 Å². The predicted octanol–water partition coefficient (Wildman–Crippen LogP) is 4.07. The SMILES string of the molecule is c1cnc2c(-c3cc(N4CCOCC4)nc4c(-c5ccn[nH]5)nccc34)cccc2c1. The summed E-state index contributed by atoms with van der Waals surface area (Å²) < 4.78 is 5.56. The van der Waals surface area contributed by atoms with Crippen molar-refractivity contribution >= 4 is 27.6 Å². The number of benzene rings is 1. The van der Waals surface area contributed by atoms with Gasteiger partial charge in [0.25, 0.3) is 0 Å². The number of pyridine rings is 3. The summed E-state index contributed by atoms with van der Waals surface area (Å²) >= 11 is 0. The summed E-state index contributed by atoms with van der Waals surface area (Å²) in [5, 5.41) is 9.29. The van der Waals surface area contributed by atoms with Crippen LogP contribution in [0, 0.1) is 0 Å². The summed E-state index contributed by atoms with van der Waals surface area (Å²) in [6.45, 7) is 3.02. The van der Waals surface area contributed by atoms with E-state index in [-0.39, 0.29) is 0 Å². The number of rotatable bonds is 3. The summed E-state index contributed by atoms with van der Waals surface area (Å²) in [6.07, 6.45) is 5.41. The first-order valence-electron chi connectivity index (χ1n) is 10.3. The van der Waals surface area contributed by atoms with Crippen molar-refractivity contribution in [1.29, 1.82) is 0 Å². The number of anilines is 1. The van der Waals surface area contributed by atoms with E-state index in [4.69, 9.17) is 14.7 Å². The van der Waals surface area contributed by atoms with Crippen LogP contribution in [0.3, 0.4) is 0 Å². The van der Waals surface area contributed by atoms with Crippen LogP contribution in [0.15, 0.2) is 67.1 Å². The molecule has 5 aromatic rings. The van der Waals surface area contributed by atoms with Gasteiger partial charge in [-0.25, -0.2) is 4.98 Å². The fourth-order valence-corrected chi connectivity index (χ4v) is 4.22.